The Morgan fingerprint density at radius 3 is 2.13 bits per heavy atom. The molecule has 0 N–H and O–H groups in total. The van der Waals surface area contributed by atoms with Gasteiger partial charge >= 0.3 is 0 Å². The standard InChI is InChI=1S/C15H30/c1-4-7-9-10-12-14-15(6-3)13-11-8-5-2/h4,15H,1,5-14H2,2-3H3. The van der Waals surface area contributed by atoms with E-state index in [0.29, 0.717) is 0 Å². The summed E-state index contributed by atoms with van der Waals surface area (Å²) >= 11 is 0. The second-order valence-electron chi connectivity index (χ2n) is 4.70. The molecule has 0 spiro atoms. The number of allylic oxidation sites excluding steroid dienone is 1. The summed E-state index contributed by atoms with van der Waals surface area (Å²) in [6.07, 6.45) is 15.9. The highest BCUT2D eigenvalue weighted by molar-refractivity contribution is 4.66. The minimum absolute atomic E-state index is 1.00. The average Bonchev–Trinajstić information content (AvgIpc) is 2.26. The van der Waals surface area contributed by atoms with Crippen LogP contribution in [-0.4, -0.2) is 0 Å². The molecule has 0 heterocycles. The van der Waals surface area contributed by atoms with Gasteiger partial charge in [-0.25, -0.2) is 0 Å². The first-order valence-corrected chi connectivity index (χ1v) is 6.96. The molecule has 0 aromatic carbocycles. The van der Waals surface area contributed by atoms with Gasteiger partial charge in [0.05, 0.1) is 0 Å². The molecule has 0 amide bonds. The quantitative estimate of drug-likeness (QED) is 0.302. The lowest BCUT2D eigenvalue weighted by Gasteiger charge is -2.14. The summed E-state index contributed by atoms with van der Waals surface area (Å²) in [5.74, 6) is 1.00. The number of rotatable bonds is 11. The van der Waals surface area contributed by atoms with Crippen LogP contribution < -0.4 is 0 Å². The van der Waals surface area contributed by atoms with E-state index in [4.69, 9.17) is 0 Å². The topological polar surface area (TPSA) is 0 Å². The maximum absolute atomic E-state index is 3.76. The van der Waals surface area contributed by atoms with Gasteiger partial charge in [0.1, 0.15) is 0 Å². The molecule has 0 heteroatoms. The highest BCUT2D eigenvalue weighted by Gasteiger charge is 2.04. The second-order valence-corrected chi connectivity index (χ2v) is 4.70. The molecule has 1 atom stereocenters. The van der Waals surface area contributed by atoms with Crippen LogP contribution >= 0.6 is 0 Å². The Kier molecular flexibility index (Phi) is 11.6. The summed E-state index contributed by atoms with van der Waals surface area (Å²) in [6.45, 7) is 8.40. The van der Waals surface area contributed by atoms with E-state index in [1.165, 1.54) is 64.2 Å². The molecule has 0 fully saturated rings. The van der Waals surface area contributed by atoms with Gasteiger partial charge < -0.3 is 0 Å². The van der Waals surface area contributed by atoms with Crippen molar-refractivity contribution >= 4 is 0 Å². The van der Waals surface area contributed by atoms with Gasteiger partial charge in [-0.15, -0.1) is 6.58 Å². The van der Waals surface area contributed by atoms with Crippen molar-refractivity contribution in [2.24, 2.45) is 5.92 Å². The molecule has 0 aliphatic carbocycles. The van der Waals surface area contributed by atoms with Crippen molar-refractivity contribution in [2.75, 3.05) is 0 Å². The Morgan fingerprint density at radius 2 is 1.60 bits per heavy atom. The number of hydrogen-bond acceptors (Lipinski definition) is 0. The average molecular weight is 210 g/mol. The van der Waals surface area contributed by atoms with Crippen LogP contribution in [0.4, 0.5) is 0 Å². The Labute approximate surface area is 97.2 Å². The minimum atomic E-state index is 1.00. The maximum Gasteiger partial charge on any atom is -0.0353 e. The zero-order chi connectivity index (χ0) is 11.4. The summed E-state index contributed by atoms with van der Waals surface area (Å²) in [4.78, 5) is 0. The van der Waals surface area contributed by atoms with Crippen LogP contribution in [0, 0.1) is 5.92 Å². The van der Waals surface area contributed by atoms with Gasteiger partial charge in [0.25, 0.3) is 0 Å². The van der Waals surface area contributed by atoms with Gasteiger partial charge in [0.2, 0.25) is 0 Å². The number of unbranched alkanes of at least 4 members (excludes halogenated alkanes) is 5. The Morgan fingerprint density at radius 1 is 0.933 bits per heavy atom. The van der Waals surface area contributed by atoms with Crippen molar-refractivity contribution in [1.82, 2.24) is 0 Å². The van der Waals surface area contributed by atoms with E-state index >= 15 is 0 Å². The molecule has 15 heavy (non-hydrogen) atoms. The van der Waals surface area contributed by atoms with E-state index in [2.05, 4.69) is 20.4 Å². The molecule has 0 rings (SSSR count). The number of hydrogen-bond donors (Lipinski definition) is 0. The summed E-state index contributed by atoms with van der Waals surface area (Å²) in [5.41, 5.74) is 0. The zero-order valence-electron chi connectivity index (χ0n) is 10.9. The molecule has 1 unspecified atom stereocenters. The van der Waals surface area contributed by atoms with Gasteiger partial charge in [-0.2, -0.15) is 0 Å². The van der Waals surface area contributed by atoms with Gasteiger partial charge in [-0.3, -0.25) is 0 Å². The van der Waals surface area contributed by atoms with E-state index in [-0.39, 0.29) is 0 Å². The van der Waals surface area contributed by atoms with Crippen LogP contribution in [0.3, 0.4) is 0 Å². The molecular formula is C15H30. The largest absolute Gasteiger partial charge is 0.103 e. The van der Waals surface area contributed by atoms with E-state index in [0.717, 1.165) is 5.92 Å². The molecule has 0 aromatic heterocycles. The van der Waals surface area contributed by atoms with Crippen LogP contribution in [0.1, 0.15) is 78.1 Å². The van der Waals surface area contributed by atoms with Crippen molar-refractivity contribution in [2.45, 2.75) is 78.1 Å². The summed E-state index contributed by atoms with van der Waals surface area (Å²) in [5, 5.41) is 0. The Balaban J connectivity index is 3.31. The first-order valence-electron chi connectivity index (χ1n) is 6.96. The normalized spacial score (nSPS) is 12.7. The molecule has 0 nitrogen and oxygen atoms in total. The molecule has 0 radical (unpaired) electrons. The minimum Gasteiger partial charge on any atom is -0.103 e. The SMILES string of the molecule is C=CCCCCCC(CC)CCCCC. The van der Waals surface area contributed by atoms with Crippen molar-refractivity contribution in [3.63, 3.8) is 0 Å². The molecule has 0 aliphatic rings. The second kappa shape index (κ2) is 11.8. The third-order valence-electron chi connectivity index (χ3n) is 3.31. The summed E-state index contributed by atoms with van der Waals surface area (Å²) in [7, 11) is 0. The lowest BCUT2D eigenvalue weighted by molar-refractivity contribution is 0.398. The molecular weight excluding hydrogens is 180 g/mol. The van der Waals surface area contributed by atoms with Crippen molar-refractivity contribution in [3.05, 3.63) is 12.7 Å². The molecule has 0 aromatic rings. The van der Waals surface area contributed by atoms with Crippen molar-refractivity contribution in [1.29, 1.82) is 0 Å². The predicted molar refractivity (Wildman–Crippen MR) is 71.2 cm³/mol. The van der Waals surface area contributed by atoms with Gasteiger partial charge in [-0.1, -0.05) is 71.3 Å². The van der Waals surface area contributed by atoms with Crippen LogP contribution in [0.5, 0.6) is 0 Å². The molecule has 0 saturated heterocycles. The Bertz CT molecular complexity index is 126. The van der Waals surface area contributed by atoms with E-state index in [1.54, 1.807) is 0 Å². The first kappa shape index (κ1) is 14.7. The van der Waals surface area contributed by atoms with E-state index in [1.807, 2.05) is 6.08 Å². The van der Waals surface area contributed by atoms with E-state index in [9.17, 15) is 0 Å². The maximum atomic E-state index is 3.76. The van der Waals surface area contributed by atoms with Crippen LogP contribution in [0.2, 0.25) is 0 Å². The third kappa shape index (κ3) is 10.0. The van der Waals surface area contributed by atoms with Gasteiger partial charge in [-0.05, 0) is 18.8 Å². The lowest BCUT2D eigenvalue weighted by atomic mass is 9.93. The van der Waals surface area contributed by atoms with Gasteiger partial charge in [0.15, 0.2) is 0 Å². The predicted octanol–water partition coefficient (Wildman–Crippen LogP) is 5.73. The highest BCUT2D eigenvalue weighted by Crippen LogP contribution is 2.20. The molecule has 0 saturated carbocycles. The molecule has 0 bridgehead atoms. The fourth-order valence-electron chi connectivity index (χ4n) is 2.13. The van der Waals surface area contributed by atoms with Crippen LogP contribution in [0.15, 0.2) is 12.7 Å². The lowest BCUT2D eigenvalue weighted by Crippen LogP contribution is -1.98. The van der Waals surface area contributed by atoms with Crippen LogP contribution in [-0.2, 0) is 0 Å². The highest BCUT2D eigenvalue weighted by atomic mass is 14.1. The fourth-order valence-corrected chi connectivity index (χ4v) is 2.13. The molecule has 90 valence electrons. The van der Waals surface area contributed by atoms with Gasteiger partial charge in [0, 0.05) is 0 Å². The summed E-state index contributed by atoms with van der Waals surface area (Å²) in [6, 6.07) is 0. The Hall–Kier alpha value is -0.260. The summed E-state index contributed by atoms with van der Waals surface area (Å²) < 4.78 is 0. The van der Waals surface area contributed by atoms with Crippen molar-refractivity contribution < 1.29 is 0 Å². The monoisotopic (exact) mass is 210 g/mol. The van der Waals surface area contributed by atoms with E-state index < -0.39 is 0 Å². The zero-order valence-corrected chi connectivity index (χ0v) is 10.9. The van der Waals surface area contributed by atoms with Crippen LogP contribution in [0.25, 0.3) is 0 Å². The smallest absolute Gasteiger partial charge is 0.0353 e. The molecule has 0 aliphatic heterocycles. The van der Waals surface area contributed by atoms with Crippen molar-refractivity contribution in [3.8, 4) is 0 Å². The fraction of sp³-hybridized carbons (Fsp3) is 0.867. The first-order chi connectivity index (χ1) is 7.35. The third-order valence-corrected chi connectivity index (χ3v) is 3.31.